The van der Waals surface area contributed by atoms with Crippen LogP contribution in [0.15, 0.2) is 64.8 Å². The van der Waals surface area contributed by atoms with Crippen LogP contribution in [0.2, 0.25) is 0 Å². The first-order chi connectivity index (χ1) is 12.4. The number of nitrogens with one attached hydrogen (secondary N) is 1. The van der Waals surface area contributed by atoms with Crippen molar-refractivity contribution in [1.82, 2.24) is 5.32 Å². The lowest BCUT2D eigenvalue weighted by molar-refractivity contribution is -0.114. The molecule has 0 saturated heterocycles. The molecule has 1 aliphatic heterocycles. The van der Waals surface area contributed by atoms with E-state index in [1.165, 1.54) is 23.9 Å². The van der Waals surface area contributed by atoms with Crippen LogP contribution < -0.4 is 11.1 Å². The number of aryl methyl sites for hydroxylation is 1. The first-order valence-corrected chi connectivity index (χ1v) is 9.22. The molecular formula is C20H20FN3OS. The van der Waals surface area contributed by atoms with Gasteiger partial charge in [-0.05, 0) is 37.1 Å². The molecule has 1 atom stereocenters. The molecule has 3 rings (SSSR count). The van der Waals surface area contributed by atoms with Crippen LogP contribution in [0.4, 0.5) is 4.39 Å². The monoisotopic (exact) mass is 369 g/mol. The van der Waals surface area contributed by atoms with Crippen molar-refractivity contribution < 1.29 is 9.18 Å². The maximum atomic E-state index is 13.0. The number of aliphatic imine (C=N–C) groups is 1. The van der Waals surface area contributed by atoms with Crippen molar-refractivity contribution in [2.24, 2.45) is 10.7 Å². The van der Waals surface area contributed by atoms with Gasteiger partial charge in [-0.15, -0.1) is 0 Å². The first-order valence-electron chi connectivity index (χ1n) is 8.23. The largest absolute Gasteiger partial charge is 0.366 e. The van der Waals surface area contributed by atoms with E-state index in [2.05, 4.69) is 5.32 Å². The summed E-state index contributed by atoms with van der Waals surface area (Å²) in [5.74, 6) is -0.0885. The minimum Gasteiger partial charge on any atom is -0.366 e. The van der Waals surface area contributed by atoms with Crippen LogP contribution in [0.3, 0.4) is 0 Å². The lowest BCUT2D eigenvalue weighted by atomic mass is 9.95. The quantitative estimate of drug-likeness (QED) is 0.861. The summed E-state index contributed by atoms with van der Waals surface area (Å²) in [7, 11) is 0. The van der Waals surface area contributed by atoms with Crippen LogP contribution in [0.5, 0.6) is 0 Å². The molecule has 1 amide bonds. The van der Waals surface area contributed by atoms with Gasteiger partial charge in [0.1, 0.15) is 11.9 Å². The molecule has 6 heteroatoms. The molecule has 0 spiro atoms. The third kappa shape index (κ3) is 4.14. The average Bonchev–Trinajstić information content (AvgIpc) is 2.61. The molecule has 1 unspecified atom stereocenters. The van der Waals surface area contributed by atoms with Gasteiger partial charge >= 0.3 is 0 Å². The Hall–Kier alpha value is -2.60. The second-order valence-electron chi connectivity index (χ2n) is 6.19. The van der Waals surface area contributed by atoms with Crippen LogP contribution in [-0.2, 0) is 10.5 Å². The molecule has 26 heavy (non-hydrogen) atoms. The molecule has 0 bridgehead atoms. The van der Waals surface area contributed by atoms with E-state index in [4.69, 9.17) is 10.7 Å². The van der Waals surface area contributed by atoms with Gasteiger partial charge < -0.3 is 11.1 Å². The zero-order chi connectivity index (χ0) is 18.7. The van der Waals surface area contributed by atoms with Crippen LogP contribution in [-0.4, -0.2) is 11.1 Å². The molecule has 1 aliphatic rings. The number of hydrogen-bond donors (Lipinski definition) is 2. The van der Waals surface area contributed by atoms with Gasteiger partial charge in [-0.2, -0.15) is 0 Å². The summed E-state index contributed by atoms with van der Waals surface area (Å²) in [4.78, 5) is 16.6. The number of hydrogen-bond acceptors (Lipinski definition) is 4. The molecule has 3 N–H and O–H groups in total. The van der Waals surface area contributed by atoms with Crippen molar-refractivity contribution in [2.45, 2.75) is 25.6 Å². The molecule has 134 valence electrons. The number of nitrogens with zero attached hydrogens (tertiary/aromatic N) is 1. The molecule has 4 nitrogen and oxygen atoms in total. The number of rotatable bonds is 4. The minimum absolute atomic E-state index is 0.254. The number of thioether (sulfide) groups is 1. The van der Waals surface area contributed by atoms with Crippen molar-refractivity contribution in [3.63, 3.8) is 0 Å². The highest BCUT2D eigenvalue weighted by Gasteiger charge is 2.27. The van der Waals surface area contributed by atoms with Crippen LogP contribution in [0.25, 0.3) is 0 Å². The van der Waals surface area contributed by atoms with E-state index in [1.54, 1.807) is 12.1 Å². The fourth-order valence-corrected chi connectivity index (χ4v) is 3.66. The Labute approximate surface area is 156 Å². The lowest BCUT2D eigenvalue weighted by Gasteiger charge is -2.25. The van der Waals surface area contributed by atoms with E-state index in [0.717, 1.165) is 16.7 Å². The number of carbonyl (C=O) groups excluding carboxylic acids is 1. The average molecular weight is 369 g/mol. The molecular weight excluding hydrogens is 349 g/mol. The molecule has 0 saturated carbocycles. The van der Waals surface area contributed by atoms with Gasteiger partial charge in [-0.3, -0.25) is 4.79 Å². The molecule has 2 aromatic rings. The van der Waals surface area contributed by atoms with Gasteiger partial charge in [0.15, 0.2) is 5.17 Å². The maximum Gasteiger partial charge on any atom is 0.248 e. The van der Waals surface area contributed by atoms with E-state index >= 15 is 0 Å². The summed E-state index contributed by atoms with van der Waals surface area (Å²) in [5, 5.41) is 3.87. The Kier molecular flexibility index (Phi) is 5.42. The van der Waals surface area contributed by atoms with E-state index in [9.17, 15) is 9.18 Å². The molecule has 0 aliphatic carbocycles. The summed E-state index contributed by atoms with van der Waals surface area (Å²) in [6, 6.07) is 13.9. The number of amidine groups is 1. The SMILES string of the molecule is CC1=C(C(N)=O)C(c2ccc(C)cc2)N=C(SCc2ccc(F)cc2)N1. The van der Waals surface area contributed by atoms with Gasteiger partial charge in [0.05, 0.1) is 5.57 Å². The number of amides is 1. The number of nitrogens with two attached hydrogens (primary N) is 1. The Morgan fingerprint density at radius 2 is 1.81 bits per heavy atom. The van der Waals surface area contributed by atoms with Crippen molar-refractivity contribution in [3.8, 4) is 0 Å². The van der Waals surface area contributed by atoms with Gasteiger partial charge in [0, 0.05) is 11.4 Å². The van der Waals surface area contributed by atoms with Gasteiger partial charge in [-0.25, -0.2) is 9.38 Å². The summed E-state index contributed by atoms with van der Waals surface area (Å²) >= 11 is 1.51. The number of primary amides is 1. The van der Waals surface area contributed by atoms with Crippen molar-refractivity contribution in [3.05, 3.63) is 82.3 Å². The Morgan fingerprint density at radius 1 is 1.15 bits per heavy atom. The molecule has 0 fully saturated rings. The van der Waals surface area contributed by atoms with Crippen LogP contribution in [0, 0.1) is 12.7 Å². The predicted octanol–water partition coefficient (Wildman–Crippen LogP) is 3.83. The highest BCUT2D eigenvalue weighted by atomic mass is 32.2. The standard InChI is InChI=1S/C20H20FN3OS/c1-12-3-7-15(8-4-12)18-17(19(22)25)13(2)23-20(24-18)26-11-14-5-9-16(21)10-6-14/h3-10,18H,11H2,1-2H3,(H2,22,25)(H,23,24). The Balaban J connectivity index is 1.85. The fraction of sp³-hybridized carbons (Fsp3) is 0.200. The van der Waals surface area contributed by atoms with E-state index in [-0.39, 0.29) is 5.82 Å². The fourth-order valence-electron chi connectivity index (χ4n) is 2.76. The number of benzene rings is 2. The zero-order valence-electron chi connectivity index (χ0n) is 14.6. The van der Waals surface area contributed by atoms with Crippen LogP contribution in [0.1, 0.15) is 29.7 Å². The van der Waals surface area contributed by atoms with Crippen molar-refractivity contribution >= 4 is 22.8 Å². The smallest absolute Gasteiger partial charge is 0.248 e. The van der Waals surface area contributed by atoms with E-state index in [1.807, 2.05) is 38.1 Å². The summed E-state index contributed by atoms with van der Waals surface area (Å²) in [6.45, 7) is 3.84. The van der Waals surface area contributed by atoms with Crippen molar-refractivity contribution in [1.29, 1.82) is 0 Å². The molecule has 0 aromatic heterocycles. The Bertz CT molecular complexity index is 873. The third-order valence-electron chi connectivity index (χ3n) is 4.17. The lowest BCUT2D eigenvalue weighted by Crippen LogP contribution is -2.32. The normalized spacial score (nSPS) is 16.9. The third-order valence-corrected chi connectivity index (χ3v) is 5.12. The topological polar surface area (TPSA) is 67.5 Å². The van der Waals surface area contributed by atoms with Gasteiger partial charge in [-0.1, -0.05) is 53.7 Å². The van der Waals surface area contributed by atoms with E-state index < -0.39 is 11.9 Å². The van der Waals surface area contributed by atoms with Gasteiger partial charge in [0.25, 0.3) is 0 Å². The number of carbonyl (C=O) groups is 1. The summed E-state index contributed by atoms with van der Waals surface area (Å²) in [5.41, 5.74) is 9.83. The Morgan fingerprint density at radius 3 is 2.42 bits per heavy atom. The highest BCUT2D eigenvalue weighted by Crippen LogP contribution is 2.32. The zero-order valence-corrected chi connectivity index (χ0v) is 15.4. The van der Waals surface area contributed by atoms with E-state index in [0.29, 0.717) is 22.2 Å². The number of allylic oxidation sites excluding steroid dienone is 1. The van der Waals surface area contributed by atoms with Gasteiger partial charge in [0.2, 0.25) is 5.91 Å². The predicted molar refractivity (Wildman–Crippen MR) is 104 cm³/mol. The number of halogens is 1. The summed E-state index contributed by atoms with van der Waals surface area (Å²) in [6.07, 6.45) is 0. The molecule has 2 aromatic carbocycles. The minimum atomic E-state index is -0.480. The molecule has 0 radical (unpaired) electrons. The molecule has 1 heterocycles. The van der Waals surface area contributed by atoms with Crippen LogP contribution >= 0.6 is 11.8 Å². The second kappa shape index (κ2) is 7.74. The summed E-state index contributed by atoms with van der Waals surface area (Å²) < 4.78 is 13.0. The second-order valence-corrected chi connectivity index (χ2v) is 7.15. The highest BCUT2D eigenvalue weighted by molar-refractivity contribution is 8.13. The van der Waals surface area contributed by atoms with Crippen molar-refractivity contribution in [2.75, 3.05) is 0 Å². The maximum absolute atomic E-state index is 13.0. The first kappa shape index (κ1) is 18.2.